The number of aliphatic hydroxyl groups excluding tert-OH is 3. The second kappa shape index (κ2) is 15.7. The molecule has 4 heteroatoms. The van der Waals surface area contributed by atoms with Crippen LogP contribution in [-0.2, 0) is 0 Å². The minimum absolute atomic E-state index is 0.000803. The van der Waals surface area contributed by atoms with Crippen molar-refractivity contribution in [2.45, 2.75) is 135 Å². The van der Waals surface area contributed by atoms with E-state index in [0.29, 0.717) is 6.54 Å². The van der Waals surface area contributed by atoms with Gasteiger partial charge in [-0.3, -0.25) is 4.90 Å². The molecule has 0 bridgehead atoms. The Morgan fingerprint density at radius 2 is 1.11 bits per heavy atom. The van der Waals surface area contributed by atoms with Gasteiger partial charge >= 0.3 is 0 Å². The van der Waals surface area contributed by atoms with Crippen LogP contribution in [0.25, 0.3) is 0 Å². The average molecular weight is 386 g/mol. The van der Waals surface area contributed by atoms with Gasteiger partial charge in [0.25, 0.3) is 0 Å². The first-order valence-electron chi connectivity index (χ1n) is 11.9. The molecular formula is C23H47NO3. The average Bonchev–Trinajstić information content (AvgIpc) is 2.66. The Morgan fingerprint density at radius 1 is 0.630 bits per heavy atom. The summed E-state index contributed by atoms with van der Waals surface area (Å²) >= 11 is 0. The summed E-state index contributed by atoms with van der Waals surface area (Å²) in [6.45, 7) is 5.90. The van der Waals surface area contributed by atoms with Gasteiger partial charge in [0.2, 0.25) is 0 Å². The first-order chi connectivity index (χ1) is 13.1. The van der Waals surface area contributed by atoms with Gasteiger partial charge in [-0.05, 0) is 19.4 Å². The van der Waals surface area contributed by atoms with E-state index in [2.05, 4.69) is 18.7 Å². The van der Waals surface area contributed by atoms with Crippen LogP contribution in [0.2, 0.25) is 0 Å². The van der Waals surface area contributed by atoms with Crippen LogP contribution < -0.4 is 0 Å². The van der Waals surface area contributed by atoms with Gasteiger partial charge in [-0.15, -0.1) is 0 Å². The molecule has 1 heterocycles. The number of β-amino-alcohol motifs (C(OH)–C–C–N with tert-alkyl or cyclic N) is 1. The molecule has 0 amide bonds. The summed E-state index contributed by atoms with van der Waals surface area (Å²) in [6.07, 6.45) is 16.0. The molecule has 0 aromatic carbocycles. The zero-order valence-corrected chi connectivity index (χ0v) is 18.1. The summed E-state index contributed by atoms with van der Waals surface area (Å²) in [5, 5.41) is 30.7. The second-order valence-corrected chi connectivity index (χ2v) is 8.64. The standard InChI is InChI=1S/C23H47NO3/c1-3-5-7-9-11-13-15-17-20-22(26)23(27)21(25)19-24(20)18-16-14-12-10-8-6-4-2/h20-23,25-27H,3-19H2,1-2H3/t20-,21-,22+,23+/m1/s1. The topological polar surface area (TPSA) is 63.9 Å². The highest BCUT2D eigenvalue weighted by Gasteiger charge is 2.40. The van der Waals surface area contributed by atoms with Gasteiger partial charge in [-0.2, -0.15) is 0 Å². The highest BCUT2D eigenvalue weighted by Crippen LogP contribution is 2.24. The van der Waals surface area contributed by atoms with Crippen LogP contribution in [0.15, 0.2) is 0 Å². The normalized spacial score (nSPS) is 26.6. The fourth-order valence-corrected chi connectivity index (χ4v) is 4.35. The Morgan fingerprint density at radius 3 is 1.67 bits per heavy atom. The molecule has 1 rings (SSSR count). The van der Waals surface area contributed by atoms with E-state index in [0.717, 1.165) is 25.8 Å². The highest BCUT2D eigenvalue weighted by atomic mass is 16.4. The van der Waals surface area contributed by atoms with Crippen LogP contribution in [-0.4, -0.2) is 57.7 Å². The Labute approximate surface area is 168 Å². The Balaban J connectivity index is 2.30. The fourth-order valence-electron chi connectivity index (χ4n) is 4.35. The highest BCUT2D eigenvalue weighted by molar-refractivity contribution is 4.94. The summed E-state index contributed by atoms with van der Waals surface area (Å²) in [7, 11) is 0. The predicted molar refractivity (Wildman–Crippen MR) is 114 cm³/mol. The lowest BCUT2D eigenvalue weighted by molar-refractivity contribution is -0.138. The maximum absolute atomic E-state index is 10.5. The molecule has 0 saturated carbocycles. The van der Waals surface area contributed by atoms with E-state index < -0.39 is 18.3 Å². The number of hydrogen-bond donors (Lipinski definition) is 3. The third-order valence-corrected chi connectivity index (χ3v) is 6.18. The van der Waals surface area contributed by atoms with Crippen molar-refractivity contribution in [2.75, 3.05) is 13.1 Å². The molecular weight excluding hydrogens is 338 g/mol. The van der Waals surface area contributed by atoms with Crippen molar-refractivity contribution in [3.8, 4) is 0 Å². The predicted octanol–water partition coefficient (Wildman–Crippen LogP) is 4.64. The van der Waals surface area contributed by atoms with Crippen molar-refractivity contribution < 1.29 is 15.3 Å². The monoisotopic (exact) mass is 385 g/mol. The third-order valence-electron chi connectivity index (χ3n) is 6.18. The smallest absolute Gasteiger partial charge is 0.108 e. The maximum atomic E-state index is 10.5. The van der Waals surface area contributed by atoms with Crippen LogP contribution in [0, 0.1) is 0 Å². The Bertz CT molecular complexity index is 340. The number of unbranched alkanes of at least 4 members (excludes halogenated alkanes) is 12. The van der Waals surface area contributed by atoms with Crippen LogP contribution in [0.4, 0.5) is 0 Å². The summed E-state index contributed by atoms with van der Waals surface area (Å²) in [6, 6.07) is -0.000803. The van der Waals surface area contributed by atoms with Gasteiger partial charge in [-0.1, -0.05) is 97.3 Å². The fraction of sp³-hybridized carbons (Fsp3) is 1.00. The van der Waals surface area contributed by atoms with Gasteiger partial charge in [0.15, 0.2) is 0 Å². The molecule has 1 saturated heterocycles. The van der Waals surface area contributed by atoms with Crippen LogP contribution in [0.3, 0.4) is 0 Å². The van der Waals surface area contributed by atoms with Gasteiger partial charge in [0.05, 0.1) is 12.2 Å². The zero-order chi connectivity index (χ0) is 19.9. The van der Waals surface area contributed by atoms with E-state index in [1.54, 1.807) is 0 Å². The minimum Gasteiger partial charge on any atom is -0.389 e. The molecule has 3 N–H and O–H groups in total. The zero-order valence-electron chi connectivity index (χ0n) is 18.1. The van der Waals surface area contributed by atoms with Gasteiger partial charge in [-0.25, -0.2) is 0 Å². The first kappa shape index (κ1) is 24.9. The van der Waals surface area contributed by atoms with E-state index in [4.69, 9.17) is 0 Å². The summed E-state index contributed by atoms with van der Waals surface area (Å²) in [4.78, 5) is 2.24. The number of nitrogens with zero attached hydrogens (tertiary/aromatic N) is 1. The van der Waals surface area contributed by atoms with Crippen molar-refractivity contribution in [3.05, 3.63) is 0 Å². The Kier molecular flexibility index (Phi) is 14.5. The van der Waals surface area contributed by atoms with E-state index in [9.17, 15) is 15.3 Å². The molecule has 27 heavy (non-hydrogen) atoms. The molecule has 0 aromatic heterocycles. The molecule has 1 aliphatic rings. The summed E-state index contributed by atoms with van der Waals surface area (Å²) in [5.41, 5.74) is 0. The lowest BCUT2D eigenvalue weighted by Crippen LogP contribution is -2.61. The SMILES string of the molecule is CCCCCCCCC[C@@H]1[C@H](O)[C@@H](O)[C@H](O)CN1CCCCCCCCC. The first-order valence-corrected chi connectivity index (χ1v) is 11.9. The number of rotatable bonds is 16. The quantitative estimate of drug-likeness (QED) is 0.339. The molecule has 0 aromatic rings. The van der Waals surface area contributed by atoms with Crippen molar-refractivity contribution in [1.29, 1.82) is 0 Å². The summed E-state index contributed by atoms with van der Waals surface area (Å²) < 4.78 is 0. The molecule has 4 nitrogen and oxygen atoms in total. The molecule has 162 valence electrons. The van der Waals surface area contributed by atoms with Crippen molar-refractivity contribution in [3.63, 3.8) is 0 Å². The molecule has 0 unspecified atom stereocenters. The van der Waals surface area contributed by atoms with Gasteiger partial charge < -0.3 is 15.3 Å². The van der Waals surface area contributed by atoms with Gasteiger partial charge in [0.1, 0.15) is 6.10 Å². The summed E-state index contributed by atoms with van der Waals surface area (Å²) in [5.74, 6) is 0. The van der Waals surface area contributed by atoms with Gasteiger partial charge in [0, 0.05) is 12.6 Å². The van der Waals surface area contributed by atoms with Crippen LogP contribution in [0.5, 0.6) is 0 Å². The number of hydrogen-bond acceptors (Lipinski definition) is 4. The van der Waals surface area contributed by atoms with Crippen molar-refractivity contribution >= 4 is 0 Å². The Hall–Kier alpha value is -0.160. The second-order valence-electron chi connectivity index (χ2n) is 8.64. The van der Waals surface area contributed by atoms with E-state index in [1.807, 2.05) is 0 Å². The molecule has 1 fully saturated rings. The number of aliphatic hydroxyl groups is 3. The molecule has 0 spiro atoms. The van der Waals surface area contributed by atoms with E-state index in [1.165, 1.54) is 77.0 Å². The number of piperidine rings is 1. The largest absolute Gasteiger partial charge is 0.389 e. The molecule has 1 aliphatic heterocycles. The van der Waals surface area contributed by atoms with Crippen molar-refractivity contribution in [1.82, 2.24) is 4.90 Å². The lowest BCUT2D eigenvalue weighted by Gasteiger charge is -2.44. The third kappa shape index (κ3) is 10.3. The van der Waals surface area contributed by atoms with Crippen LogP contribution >= 0.6 is 0 Å². The number of likely N-dealkylation sites (tertiary alicyclic amines) is 1. The van der Waals surface area contributed by atoms with E-state index >= 15 is 0 Å². The van der Waals surface area contributed by atoms with Crippen LogP contribution in [0.1, 0.15) is 110 Å². The molecule has 0 aliphatic carbocycles. The van der Waals surface area contributed by atoms with E-state index in [-0.39, 0.29) is 6.04 Å². The maximum Gasteiger partial charge on any atom is 0.108 e. The minimum atomic E-state index is -0.996. The molecule has 0 radical (unpaired) electrons. The lowest BCUT2D eigenvalue weighted by atomic mass is 9.89. The van der Waals surface area contributed by atoms with Crippen molar-refractivity contribution in [2.24, 2.45) is 0 Å². The molecule has 4 atom stereocenters.